The molecule has 0 aromatic carbocycles. The summed E-state index contributed by atoms with van der Waals surface area (Å²) in [5.74, 6) is -0.0449. The van der Waals surface area contributed by atoms with Crippen molar-refractivity contribution in [2.45, 2.75) is 44.6 Å². The fourth-order valence-corrected chi connectivity index (χ4v) is 1.57. The van der Waals surface area contributed by atoms with Crippen LogP contribution >= 0.6 is 0 Å². The van der Waals surface area contributed by atoms with Crippen LogP contribution in [0, 0.1) is 0 Å². The SMILES string of the molecule is CN[C@@H](CCC=O)C(=O)NCCCCCCO. The number of likely N-dealkylation sites (N-methyl/N-ethyl adjacent to an activating group) is 1. The van der Waals surface area contributed by atoms with Crippen LogP contribution in [-0.2, 0) is 9.59 Å². The molecule has 100 valence electrons. The fraction of sp³-hybridized carbons (Fsp3) is 0.833. The van der Waals surface area contributed by atoms with Gasteiger partial charge in [0.05, 0.1) is 6.04 Å². The van der Waals surface area contributed by atoms with Crippen LogP contribution in [0.25, 0.3) is 0 Å². The molecule has 0 spiro atoms. The van der Waals surface area contributed by atoms with Gasteiger partial charge in [-0.15, -0.1) is 0 Å². The molecule has 5 nitrogen and oxygen atoms in total. The molecule has 0 aliphatic rings. The molecule has 0 aromatic rings. The summed E-state index contributed by atoms with van der Waals surface area (Å²) in [5, 5.41) is 14.3. The summed E-state index contributed by atoms with van der Waals surface area (Å²) in [6, 6.07) is -0.280. The van der Waals surface area contributed by atoms with Gasteiger partial charge in [-0.05, 0) is 26.3 Å². The highest BCUT2D eigenvalue weighted by Crippen LogP contribution is 1.99. The van der Waals surface area contributed by atoms with Gasteiger partial charge in [0.25, 0.3) is 0 Å². The summed E-state index contributed by atoms with van der Waals surface area (Å²) in [4.78, 5) is 21.9. The standard InChI is InChI=1S/C12H24N2O3/c1-13-11(7-6-10-16)12(17)14-8-4-2-3-5-9-15/h10-11,13,15H,2-9H2,1H3,(H,14,17)/t11-/m0/s1. The van der Waals surface area contributed by atoms with Gasteiger partial charge in [0.15, 0.2) is 0 Å². The minimum Gasteiger partial charge on any atom is -0.396 e. The van der Waals surface area contributed by atoms with Crippen molar-refractivity contribution in [3.05, 3.63) is 0 Å². The van der Waals surface area contributed by atoms with Crippen LogP contribution in [0.4, 0.5) is 0 Å². The number of aliphatic hydroxyl groups excluding tert-OH is 1. The molecule has 0 heterocycles. The predicted molar refractivity (Wildman–Crippen MR) is 66.7 cm³/mol. The molecule has 0 aliphatic carbocycles. The van der Waals surface area contributed by atoms with Crippen molar-refractivity contribution in [1.82, 2.24) is 10.6 Å². The Bertz CT molecular complexity index is 210. The summed E-state index contributed by atoms with van der Waals surface area (Å²) in [6.07, 6.45) is 5.52. The Morgan fingerprint density at radius 3 is 2.59 bits per heavy atom. The van der Waals surface area contributed by atoms with Crippen molar-refractivity contribution >= 4 is 12.2 Å². The highest BCUT2D eigenvalue weighted by atomic mass is 16.2. The lowest BCUT2D eigenvalue weighted by atomic mass is 10.1. The first-order valence-electron chi connectivity index (χ1n) is 6.25. The van der Waals surface area contributed by atoms with Gasteiger partial charge in [-0.2, -0.15) is 0 Å². The third-order valence-electron chi connectivity index (χ3n) is 2.62. The highest BCUT2D eigenvalue weighted by Gasteiger charge is 2.14. The van der Waals surface area contributed by atoms with Gasteiger partial charge < -0.3 is 20.5 Å². The third-order valence-corrected chi connectivity index (χ3v) is 2.62. The van der Waals surface area contributed by atoms with E-state index in [0.29, 0.717) is 19.4 Å². The van der Waals surface area contributed by atoms with Crippen molar-refractivity contribution in [3.63, 3.8) is 0 Å². The van der Waals surface area contributed by atoms with Crippen LogP contribution in [0.2, 0.25) is 0 Å². The summed E-state index contributed by atoms with van der Waals surface area (Å²) < 4.78 is 0. The van der Waals surface area contributed by atoms with Gasteiger partial charge in [0.1, 0.15) is 6.29 Å². The molecule has 1 atom stereocenters. The molecule has 0 radical (unpaired) electrons. The van der Waals surface area contributed by atoms with Gasteiger partial charge >= 0.3 is 0 Å². The minimum absolute atomic E-state index is 0.0449. The zero-order valence-corrected chi connectivity index (χ0v) is 10.6. The van der Waals surface area contributed by atoms with Crippen LogP contribution in [-0.4, -0.2) is 43.5 Å². The molecule has 0 bridgehead atoms. The summed E-state index contributed by atoms with van der Waals surface area (Å²) in [6.45, 7) is 0.892. The second-order valence-electron chi connectivity index (χ2n) is 4.01. The number of aliphatic hydroxyl groups is 1. The van der Waals surface area contributed by atoms with Gasteiger partial charge in [-0.1, -0.05) is 12.8 Å². The maximum Gasteiger partial charge on any atom is 0.237 e. The minimum atomic E-state index is -0.280. The number of rotatable bonds is 11. The summed E-state index contributed by atoms with van der Waals surface area (Å²) in [7, 11) is 1.72. The number of carbonyl (C=O) groups is 2. The van der Waals surface area contributed by atoms with E-state index in [1.54, 1.807) is 7.05 Å². The Hall–Kier alpha value is -0.940. The lowest BCUT2D eigenvalue weighted by Crippen LogP contribution is -2.42. The molecule has 5 heteroatoms. The Morgan fingerprint density at radius 2 is 2.00 bits per heavy atom. The van der Waals surface area contributed by atoms with Gasteiger partial charge in [-0.25, -0.2) is 0 Å². The highest BCUT2D eigenvalue weighted by molar-refractivity contribution is 5.81. The molecule has 0 fully saturated rings. The molecular formula is C12H24N2O3. The Labute approximate surface area is 103 Å². The molecule has 0 aromatic heterocycles. The monoisotopic (exact) mass is 244 g/mol. The lowest BCUT2D eigenvalue weighted by Gasteiger charge is -2.14. The van der Waals surface area contributed by atoms with Crippen molar-refractivity contribution < 1.29 is 14.7 Å². The molecular weight excluding hydrogens is 220 g/mol. The van der Waals surface area contributed by atoms with E-state index in [1.165, 1.54) is 0 Å². The van der Waals surface area contributed by atoms with Crippen LogP contribution in [0.1, 0.15) is 38.5 Å². The molecule has 3 N–H and O–H groups in total. The smallest absolute Gasteiger partial charge is 0.237 e. The molecule has 17 heavy (non-hydrogen) atoms. The number of aldehydes is 1. The summed E-state index contributed by atoms with van der Waals surface area (Å²) >= 11 is 0. The number of amides is 1. The average molecular weight is 244 g/mol. The topological polar surface area (TPSA) is 78.4 Å². The number of hydrogen-bond acceptors (Lipinski definition) is 4. The molecule has 0 unspecified atom stereocenters. The number of nitrogens with one attached hydrogen (secondary N) is 2. The van der Waals surface area contributed by atoms with Crippen molar-refractivity contribution in [1.29, 1.82) is 0 Å². The van der Waals surface area contributed by atoms with E-state index < -0.39 is 0 Å². The molecule has 1 amide bonds. The maximum atomic E-state index is 11.6. The van der Waals surface area contributed by atoms with Crippen LogP contribution in [0.15, 0.2) is 0 Å². The Balaban J connectivity index is 3.57. The first-order valence-corrected chi connectivity index (χ1v) is 6.25. The first-order chi connectivity index (χ1) is 8.26. The maximum absolute atomic E-state index is 11.6. The zero-order chi connectivity index (χ0) is 12.9. The Morgan fingerprint density at radius 1 is 1.29 bits per heavy atom. The summed E-state index contributed by atoms with van der Waals surface area (Å²) in [5.41, 5.74) is 0. The van der Waals surface area contributed by atoms with Crippen LogP contribution < -0.4 is 10.6 Å². The Kier molecular flexibility index (Phi) is 10.9. The lowest BCUT2D eigenvalue weighted by molar-refractivity contribution is -0.123. The van der Waals surface area contributed by atoms with E-state index in [2.05, 4.69) is 10.6 Å². The molecule has 0 aliphatic heterocycles. The van der Waals surface area contributed by atoms with E-state index >= 15 is 0 Å². The van der Waals surface area contributed by atoms with E-state index in [4.69, 9.17) is 5.11 Å². The number of hydrogen-bond donors (Lipinski definition) is 3. The van der Waals surface area contributed by atoms with Crippen LogP contribution in [0.3, 0.4) is 0 Å². The third kappa shape index (κ3) is 8.83. The predicted octanol–water partition coefficient (Wildman–Crippen LogP) is 0.222. The average Bonchev–Trinajstić information content (AvgIpc) is 2.34. The first kappa shape index (κ1) is 16.1. The van der Waals surface area contributed by atoms with Gasteiger partial charge in [0.2, 0.25) is 5.91 Å². The normalized spacial score (nSPS) is 12.1. The second kappa shape index (κ2) is 11.5. The van der Waals surface area contributed by atoms with E-state index in [1.807, 2.05) is 0 Å². The van der Waals surface area contributed by atoms with Crippen molar-refractivity contribution in [3.8, 4) is 0 Å². The molecule has 0 saturated carbocycles. The quantitative estimate of drug-likeness (QED) is 0.359. The number of carbonyl (C=O) groups excluding carboxylic acids is 2. The molecule has 0 rings (SSSR count). The van der Waals surface area contributed by atoms with Gasteiger partial charge in [0, 0.05) is 19.6 Å². The second-order valence-corrected chi connectivity index (χ2v) is 4.01. The largest absolute Gasteiger partial charge is 0.396 e. The van der Waals surface area contributed by atoms with Crippen molar-refractivity contribution in [2.24, 2.45) is 0 Å². The van der Waals surface area contributed by atoms with E-state index in [-0.39, 0.29) is 18.6 Å². The molecule has 0 saturated heterocycles. The van der Waals surface area contributed by atoms with Crippen molar-refractivity contribution in [2.75, 3.05) is 20.2 Å². The fourth-order valence-electron chi connectivity index (χ4n) is 1.57. The van der Waals surface area contributed by atoms with Gasteiger partial charge in [-0.3, -0.25) is 4.79 Å². The van der Waals surface area contributed by atoms with Crippen LogP contribution in [0.5, 0.6) is 0 Å². The van der Waals surface area contributed by atoms with E-state index in [9.17, 15) is 9.59 Å². The van der Waals surface area contributed by atoms with E-state index in [0.717, 1.165) is 32.0 Å². The number of unbranched alkanes of at least 4 members (excludes halogenated alkanes) is 3. The zero-order valence-electron chi connectivity index (χ0n) is 10.6.